The van der Waals surface area contributed by atoms with Gasteiger partial charge in [0, 0.05) is 16.6 Å². The first-order valence-electron chi connectivity index (χ1n) is 9.20. The maximum Gasteiger partial charge on any atom is 0.331 e. The Bertz CT molecular complexity index is 988. The van der Waals surface area contributed by atoms with Crippen LogP contribution in [0.5, 0.6) is 11.5 Å². The van der Waals surface area contributed by atoms with Crippen molar-refractivity contribution in [2.75, 3.05) is 14.2 Å². The zero-order chi connectivity index (χ0) is 19.0. The standard InChI is InChI=1S/C22H23NO4/c1-26-15-9-7-14(8-10-15)21(22(24)25)23-19-6-4-3-5-17(19)18-13-16(27-2)11-12-20(18)23/h7-13,21H,3-6H2,1-2H3,(H,24,25). The Morgan fingerprint density at radius 2 is 1.67 bits per heavy atom. The Labute approximate surface area is 158 Å². The summed E-state index contributed by atoms with van der Waals surface area (Å²) in [6.07, 6.45) is 4.08. The van der Waals surface area contributed by atoms with Crippen molar-refractivity contribution in [1.82, 2.24) is 4.57 Å². The molecule has 1 atom stereocenters. The summed E-state index contributed by atoms with van der Waals surface area (Å²) in [4.78, 5) is 12.3. The lowest BCUT2D eigenvalue weighted by Gasteiger charge is -2.22. The van der Waals surface area contributed by atoms with Crippen LogP contribution in [0, 0.1) is 0 Å². The molecule has 1 unspecified atom stereocenters. The molecule has 0 saturated carbocycles. The molecular formula is C22H23NO4. The number of aromatic nitrogens is 1. The summed E-state index contributed by atoms with van der Waals surface area (Å²) in [5, 5.41) is 11.2. The Balaban J connectivity index is 1.95. The minimum atomic E-state index is -0.860. The molecule has 0 spiro atoms. The Kier molecular flexibility index (Phi) is 4.52. The van der Waals surface area contributed by atoms with Crippen LogP contribution in [0.15, 0.2) is 42.5 Å². The summed E-state index contributed by atoms with van der Waals surface area (Å²) < 4.78 is 12.6. The fourth-order valence-corrected chi connectivity index (χ4v) is 4.17. The van der Waals surface area contributed by atoms with Gasteiger partial charge in [0.25, 0.3) is 0 Å². The zero-order valence-electron chi connectivity index (χ0n) is 15.6. The van der Waals surface area contributed by atoms with Crippen molar-refractivity contribution in [1.29, 1.82) is 0 Å². The van der Waals surface area contributed by atoms with Gasteiger partial charge in [0.1, 0.15) is 11.5 Å². The number of carboxylic acids is 1. The summed E-state index contributed by atoms with van der Waals surface area (Å²) >= 11 is 0. The fourth-order valence-electron chi connectivity index (χ4n) is 4.17. The van der Waals surface area contributed by atoms with Crippen molar-refractivity contribution < 1.29 is 19.4 Å². The second-order valence-electron chi connectivity index (χ2n) is 6.90. The number of methoxy groups -OCH3 is 2. The summed E-state index contributed by atoms with van der Waals surface area (Å²) in [5.74, 6) is 0.651. The maximum absolute atomic E-state index is 12.3. The average Bonchev–Trinajstić information content (AvgIpc) is 3.02. The molecule has 140 valence electrons. The zero-order valence-corrected chi connectivity index (χ0v) is 15.6. The summed E-state index contributed by atoms with van der Waals surface area (Å²) in [6.45, 7) is 0. The third-order valence-electron chi connectivity index (χ3n) is 5.44. The van der Waals surface area contributed by atoms with Crippen molar-refractivity contribution in [3.05, 3.63) is 59.3 Å². The molecule has 0 fully saturated rings. The predicted octanol–water partition coefficient (Wildman–Crippen LogP) is 4.21. The second kappa shape index (κ2) is 6.99. The molecular weight excluding hydrogens is 342 g/mol. The van der Waals surface area contributed by atoms with Gasteiger partial charge in [0.15, 0.2) is 6.04 Å². The number of hydrogen-bond acceptors (Lipinski definition) is 3. The molecule has 0 bridgehead atoms. The lowest BCUT2D eigenvalue weighted by molar-refractivity contribution is -0.139. The van der Waals surface area contributed by atoms with E-state index in [4.69, 9.17) is 9.47 Å². The highest BCUT2D eigenvalue weighted by Gasteiger charge is 2.30. The van der Waals surface area contributed by atoms with Crippen LogP contribution in [0.3, 0.4) is 0 Å². The van der Waals surface area contributed by atoms with Crippen LogP contribution >= 0.6 is 0 Å². The van der Waals surface area contributed by atoms with Crippen LogP contribution in [0.2, 0.25) is 0 Å². The molecule has 5 nitrogen and oxygen atoms in total. The molecule has 2 aromatic carbocycles. The first kappa shape index (κ1) is 17.5. The number of aliphatic carboxylic acids is 1. The number of aryl methyl sites for hydroxylation is 1. The predicted molar refractivity (Wildman–Crippen MR) is 104 cm³/mol. The van der Waals surface area contributed by atoms with Crippen LogP contribution in [-0.2, 0) is 17.6 Å². The van der Waals surface area contributed by atoms with Crippen LogP contribution < -0.4 is 9.47 Å². The van der Waals surface area contributed by atoms with E-state index >= 15 is 0 Å². The van der Waals surface area contributed by atoms with Crippen LogP contribution in [-0.4, -0.2) is 29.9 Å². The number of carbonyl (C=O) groups is 1. The second-order valence-corrected chi connectivity index (χ2v) is 6.90. The van der Waals surface area contributed by atoms with Gasteiger partial charge in [-0.2, -0.15) is 0 Å². The van der Waals surface area contributed by atoms with E-state index in [-0.39, 0.29) is 0 Å². The maximum atomic E-state index is 12.3. The van der Waals surface area contributed by atoms with E-state index in [1.165, 1.54) is 5.56 Å². The third-order valence-corrected chi connectivity index (χ3v) is 5.44. The highest BCUT2D eigenvalue weighted by molar-refractivity contribution is 5.90. The molecule has 1 aliphatic carbocycles. The van der Waals surface area contributed by atoms with Crippen LogP contribution in [0.4, 0.5) is 0 Å². The molecule has 1 aliphatic rings. The van der Waals surface area contributed by atoms with E-state index in [0.717, 1.165) is 53.6 Å². The van der Waals surface area contributed by atoms with Gasteiger partial charge in [-0.15, -0.1) is 0 Å². The van der Waals surface area contributed by atoms with Gasteiger partial charge in [-0.05, 0) is 67.1 Å². The van der Waals surface area contributed by atoms with Gasteiger partial charge in [0.2, 0.25) is 0 Å². The van der Waals surface area contributed by atoms with E-state index in [2.05, 4.69) is 0 Å². The summed E-state index contributed by atoms with van der Waals surface area (Å²) in [5.41, 5.74) is 4.08. The highest BCUT2D eigenvalue weighted by Crippen LogP contribution is 2.38. The molecule has 3 aromatic rings. The highest BCUT2D eigenvalue weighted by atomic mass is 16.5. The lowest BCUT2D eigenvalue weighted by Crippen LogP contribution is -2.23. The van der Waals surface area contributed by atoms with E-state index in [1.54, 1.807) is 14.2 Å². The van der Waals surface area contributed by atoms with Crippen molar-refractivity contribution in [2.45, 2.75) is 31.7 Å². The van der Waals surface area contributed by atoms with Crippen LogP contribution in [0.25, 0.3) is 10.9 Å². The quantitative estimate of drug-likeness (QED) is 0.736. The number of rotatable bonds is 5. The van der Waals surface area contributed by atoms with Gasteiger partial charge in [-0.3, -0.25) is 0 Å². The molecule has 27 heavy (non-hydrogen) atoms. The minimum absolute atomic E-state index is 0.715. The van der Waals surface area contributed by atoms with Crippen molar-refractivity contribution in [3.8, 4) is 11.5 Å². The minimum Gasteiger partial charge on any atom is -0.497 e. The molecule has 1 N–H and O–H groups in total. The fraction of sp³-hybridized carbons (Fsp3) is 0.318. The van der Waals surface area contributed by atoms with Crippen molar-refractivity contribution in [2.24, 2.45) is 0 Å². The number of benzene rings is 2. The van der Waals surface area contributed by atoms with Crippen molar-refractivity contribution in [3.63, 3.8) is 0 Å². The molecule has 5 heteroatoms. The molecule has 1 aromatic heterocycles. The van der Waals surface area contributed by atoms with E-state index in [0.29, 0.717) is 5.75 Å². The normalized spacial score (nSPS) is 14.6. The number of ether oxygens (including phenoxy) is 2. The van der Waals surface area contributed by atoms with E-state index < -0.39 is 12.0 Å². The van der Waals surface area contributed by atoms with Gasteiger partial charge >= 0.3 is 5.97 Å². The molecule has 0 amide bonds. The number of nitrogens with zero attached hydrogens (tertiary/aromatic N) is 1. The summed E-state index contributed by atoms with van der Waals surface area (Å²) in [7, 11) is 3.26. The summed E-state index contributed by atoms with van der Waals surface area (Å²) in [6, 6.07) is 12.4. The molecule has 4 rings (SSSR count). The Morgan fingerprint density at radius 1 is 1.00 bits per heavy atom. The van der Waals surface area contributed by atoms with Crippen LogP contribution in [0.1, 0.15) is 35.7 Å². The van der Waals surface area contributed by atoms with E-state index in [9.17, 15) is 9.90 Å². The Hall–Kier alpha value is -2.95. The van der Waals surface area contributed by atoms with Crippen molar-refractivity contribution >= 4 is 16.9 Å². The van der Waals surface area contributed by atoms with Gasteiger partial charge < -0.3 is 19.1 Å². The molecule has 0 saturated heterocycles. The first-order valence-corrected chi connectivity index (χ1v) is 9.20. The number of carboxylic acid groups (broad SMARTS) is 1. The Morgan fingerprint density at radius 3 is 2.33 bits per heavy atom. The van der Waals surface area contributed by atoms with Gasteiger partial charge in [-0.25, -0.2) is 4.79 Å². The molecule has 0 aliphatic heterocycles. The van der Waals surface area contributed by atoms with Gasteiger partial charge in [-0.1, -0.05) is 12.1 Å². The number of hydrogen-bond donors (Lipinski definition) is 1. The average molecular weight is 365 g/mol. The van der Waals surface area contributed by atoms with E-state index in [1.807, 2.05) is 47.0 Å². The third kappa shape index (κ3) is 2.93. The first-order chi connectivity index (χ1) is 13.1. The topological polar surface area (TPSA) is 60.7 Å². The SMILES string of the molecule is COc1ccc(C(C(=O)O)n2c3c(c4cc(OC)ccc42)CCCC3)cc1. The van der Waals surface area contributed by atoms with Gasteiger partial charge in [0.05, 0.1) is 14.2 Å². The number of fused-ring (bicyclic) bond motifs is 3. The molecule has 1 heterocycles. The smallest absolute Gasteiger partial charge is 0.331 e. The molecule has 0 radical (unpaired) electrons. The monoisotopic (exact) mass is 365 g/mol. The largest absolute Gasteiger partial charge is 0.497 e. The lowest BCUT2D eigenvalue weighted by atomic mass is 9.95.